The Morgan fingerprint density at radius 3 is 2.32 bits per heavy atom. The van der Waals surface area contributed by atoms with E-state index in [-0.39, 0.29) is 16.3 Å². The van der Waals surface area contributed by atoms with Crippen molar-refractivity contribution in [1.82, 2.24) is 0 Å². The molecule has 3 aromatic carbocycles. The average Bonchev–Trinajstić information content (AvgIpc) is 2.75. The number of sulfonamides is 1. The molecule has 2 N–H and O–H groups in total. The molecule has 1 amide bonds. The van der Waals surface area contributed by atoms with E-state index in [9.17, 15) is 17.6 Å². The molecule has 3 aromatic rings. The summed E-state index contributed by atoms with van der Waals surface area (Å²) in [5, 5.41) is 2.66. The SMILES string of the molecule is COc1ccc(C(=O)Nc2ccc(C)c(S(=O)(=O)Nc3ccccc3F)c2)cc1OC. The summed E-state index contributed by atoms with van der Waals surface area (Å²) in [6, 6.07) is 14.6. The summed E-state index contributed by atoms with van der Waals surface area (Å²) in [5.41, 5.74) is 0.834. The minimum absolute atomic E-state index is 0.0825. The fraction of sp³-hybridized carbons (Fsp3) is 0.136. The number of halogens is 1. The summed E-state index contributed by atoms with van der Waals surface area (Å²) >= 11 is 0. The summed E-state index contributed by atoms with van der Waals surface area (Å²) in [7, 11) is -1.14. The lowest BCUT2D eigenvalue weighted by Gasteiger charge is -2.14. The zero-order chi connectivity index (χ0) is 22.6. The first-order chi connectivity index (χ1) is 14.7. The highest BCUT2D eigenvalue weighted by molar-refractivity contribution is 7.92. The number of ether oxygens (including phenoxy) is 2. The van der Waals surface area contributed by atoms with Crippen LogP contribution in [0.25, 0.3) is 0 Å². The van der Waals surface area contributed by atoms with E-state index < -0.39 is 21.7 Å². The Morgan fingerprint density at radius 1 is 0.935 bits per heavy atom. The first-order valence-corrected chi connectivity index (χ1v) is 10.6. The van der Waals surface area contributed by atoms with Crippen molar-refractivity contribution in [3.63, 3.8) is 0 Å². The monoisotopic (exact) mass is 444 g/mol. The summed E-state index contributed by atoms with van der Waals surface area (Å²) in [6.07, 6.45) is 0. The predicted molar refractivity (Wildman–Crippen MR) is 116 cm³/mol. The van der Waals surface area contributed by atoms with Gasteiger partial charge in [-0.25, -0.2) is 12.8 Å². The van der Waals surface area contributed by atoms with Gasteiger partial charge >= 0.3 is 0 Å². The van der Waals surface area contributed by atoms with Crippen LogP contribution in [0.3, 0.4) is 0 Å². The highest BCUT2D eigenvalue weighted by Gasteiger charge is 2.20. The van der Waals surface area contributed by atoms with Gasteiger partial charge in [-0.2, -0.15) is 0 Å². The molecular formula is C22H21FN2O5S. The lowest BCUT2D eigenvalue weighted by molar-refractivity contribution is 0.102. The summed E-state index contributed by atoms with van der Waals surface area (Å²) < 4.78 is 52.1. The number of rotatable bonds is 7. The minimum Gasteiger partial charge on any atom is -0.493 e. The Morgan fingerprint density at radius 2 is 1.65 bits per heavy atom. The Hall–Kier alpha value is -3.59. The Bertz CT molecular complexity index is 1230. The van der Waals surface area contributed by atoms with E-state index in [1.807, 2.05) is 0 Å². The second-order valence-electron chi connectivity index (χ2n) is 6.59. The van der Waals surface area contributed by atoms with Crippen LogP contribution in [0.5, 0.6) is 11.5 Å². The number of benzene rings is 3. The molecule has 0 bridgehead atoms. The maximum absolute atomic E-state index is 13.9. The molecule has 0 saturated carbocycles. The number of methoxy groups -OCH3 is 2. The van der Waals surface area contributed by atoms with E-state index in [0.717, 1.165) is 6.07 Å². The molecule has 162 valence electrons. The highest BCUT2D eigenvalue weighted by Crippen LogP contribution is 2.28. The second-order valence-corrected chi connectivity index (χ2v) is 8.24. The molecule has 0 heterocycles. The fourth-order valence-corrected chi connectivity index (χ4v) is 4.23. The number of nitrogens with one attached hydrogen (secondary N) is 2. The molecule has 0 fully saturated rings. The molecule has 0 spiro atoms. The number of carbonyl (C=O) groups excluding carboxylic acids is 1. The van der Waals surface area contributed by atoms with Crippen LogP contribution in [0.2, 0.25) is 0 Å². The summed E-state index contributed by atoms with van der Waals surface area (Å²) in [5.74, 6) is -0.296. The number of amides is 1. The van der Waals surface area contributed by atoms with Gasteiger partial charge in [0.15, 0.2) is 11.5 Å². The zero-order valence-electron chi connectivity index (χ0n) is 17.1. The summed E-state index contributed by atoms with van der Waals surface area (Å²) in [4.78, 5) is 12.6. The third-order valence-corrected chi connectivity index (χ3v) is 6.01. The molecule has 0 aromatic heterocycles. The largest absolute Gasteiger partial charge is 0.493 e. The predicted octanol–water partition coefficient (Wildman–Crippen LogP) is 4.20. The molecule has 31 heavy (non-hydrogen) atoms. The van der Waals surface area contributed by atoms with Gasteiger partial charge in [0.25, 0.3) is 15.9 Å². The van der Waals surface area contributed by atoms with Crippen LogP contribution in [-0.4, -0.2) is 28.5 Å². The number of hydrogen-bond donors (Lipinski definition) is 2. The maximum atomic E-state index is 13.9. The third kappa shape index (κ3) is 4.95. The Labute approximate surface area is 179 Å². The van der Waals surface area contributed by atoms with Gasteiger partial charge in [0.1, 0.15) is 5.82 Å². The van der Waals surface area contributed by atoms with E-state index in [1.54, 1.807) is 31.2 Å². The van der Waals surface area contributed by atoms with Gasteiger partial charge in [0.2, 0.25) is 0 Å². The van der Waals surface area contributed by atoms with E-state index in [0.29, 0.717) is 22.6 Å². The zero-order valence-corrected chi connectivity index (χ0v) is 17.9. The maximum Gasteiger partial charge on any atom is 0.262 e. The number of carbonyl (C=O) groups is 1. The smallest absolute Gasteiger partial charge is 0.262 e. The third-order valence-electron chi connectivity index (χ3n) is 4.50. The molecule has 0 atom stereocenters. The number of aryl methyl sites for hydroxylation is 1. The average molecular weight is 444 g/mol. The van der Waals surface area contributed by atoms with Crippen molar-refractivity contribution in [2.24, 2.45) is 0 Å². The van der Waals surface area contributed by atoms with Gasteiger partial charge < -0.3 is 14.8 Å². The first-order valence-electron chi connectivity index (χ1n) is 9.16. The van der Waals surface area contributed by atoms with Crippen molar-refractivity contribution >= 4 is 27.3 Å². The van der Waals surface area contributed by atoms with Crippen LogP contribution >= 0.6 is 0 Å². The Balaban J connectivity index is 1.87. The second kappa shape index (κ2) is 9.05. The number of anilines is 2. The van der Waals surface area contributed by atoms with Gasteiger partial charge in [-0.15, -0.1) is 0 Å². The van der Waals surface area contributed by atoms with Crippen molar-refractivity contribution in [3.8, 4) is 11.5 Å². The summed E-state index contributed by atoms with van der Waals surface area (Å²) in [6.45, 7) is 1.61. The van der Waals surface area contributed by atoms with Crippen molar-refractivity contribution in [2.75, 3.05) is 24.3 Å². The molecule has 0 aliphatic rings. The molecule has 9 heteroatoms. The Kier molecular flexibility index (Phi) is 6.45. The number of hydrogen-bond acceptors (Lipinski definition) is 5. The quantitative estimate of drug-likeness (QED) is 0.570. The molecule has 0 unspecified atom stereocenters. The molecule has 0 aliphatic carbocycles. The van der Waals surface area contributed by atoms with E-state index in [2.05, 4.69) is 10.0 Å². The molecule has 7 nitrogen and oxygen atoms in total. The van der Waals surface area contributed by atoms with Crippen molar-refractivity contribution in [2.45, 2.75) is 11.8 Å². The van der Waals surface area contributed by atoms with Crippen LogP contribution in [-0.2, 0) is 10.0 Å². The lowest BCUT2D eigenvalue weighted by Crippen LogP contribution is -2.17. The normalized spacial score (nSPS) is 11.0. The van der Waals surface area contributed by atoms with Gasteiger partial charge in [-0.1, -0.05) is 18.2 Å². The topological polar surface area (TPSA) is 93.7 Å². The van der Waals surface area contributed by atoms with Crippen LogP contribution < -0.4 is 19.5 Å². The van der Waals surface area contributed by atoms with Gasteiger partial charge in [-0.3, -0.25) is 9.52 Å². The van der Waals surface area contributed by atoms with Gasteiger partial charge in [0, 0.05) is 11.3 Å². The molecule has 0 saturated heterocycles. The van der Waals surface area contributed by atoms with Crippen molar-refractivity contribution in [1.29, 1.82) is 0 Å². The molecule has 3 rings (SSSR count). The van der Waals surface area contributed by atoms with E-state index >= 15 is 0 Å². The van der Waals surface area contributed by atoms with Crippen molar-refractivity contribution in [3.05, 3.63) is 77.6 Å². The number of para-hydroxylation sites is 1. The van der Waals surface area contributed by atoms with Crippen LogP contribution in [0.1, 0.15) is 15.9 Å². The van der Waals surface area contributed by atoms with Gasteiger partial charge in [0.05, 0.1) is 24.8 Å². The standard InChI is InChI=1S/C22H21FN2O5S/c1-14-8-10-16(24-22(26)15-9-11-19(29-2)20(12-15)30-3)13-21(14)31(27,28)25-18-7-5-4-6-17(18)23/h4-13,25H,1-3H3,(H,24,26). The first kappa shape index (κ1) is 22.1. The van der Waals surface area contributed by atoms with Crippen LogP contribution in [0, 0.1) is 12.7 Å². The van der Waals surface area contributed by atoms with Gasteiger partial charge in [-0.05, 0) is 55.0 Å². The molecule has 0 aliphatic heterocycles. The fourth-order valence-electron chi connectivity index (χ4n) is 2.89. The van der Waals surface area contributed by atoms with Crippen LogP contribution in [0.4, 0.5) is 15.8 Å². The van der Waals surface area contributed by atoms with Crippen LogP contribution in [0.15, 0.2) is 65.6 Å². The van der Waals surface area contributed by atoms with E-state index in [1.165, 1.54) is 44.6 Å². The minimum atomic E-state index is -4.09. The van der Waals surface area contributed by atoms with Crippen molar-refractivity contribution < 1.29 is 27.1 Å². The molecule has 0 radical (unpaired) electrons. The lowest BCUT2D eigenvalue weighted by atomic mass is 10.1. The highest BCUT2D eigenvalue weighted by atomic mass is 32.2. The molecular weight excluding hydrogens is 423 g/mol. The van der Waals surface area contributed by atoms with E-state index in [4.69, 9.17) is 9.47 Å².